The van der Waals surface area contributed by atoms with Gasteiger partial charge in [0.05, 0.1) is 17.7 Å². The molecule has 4 nitrogen and oxygen atoms in total. The highest BCUT2D eigenvalue weighted by molar-refractivity contribution is 5.67. The second-order valence-electron chi connectivity index (χ2n) is 8.11. The summed E-state index contributed by atoms with van der Waals surface area (Å²) in [4.78, 5) is 12.4. The summed E-state index contributed by atoms with van der Waals surface area (Å²) < 4.78 is 84.7. The number of benzene rings is 2. The second-order valence-corrected chi connectivity index (χ2v) is 8.11. The first-order chi connectivity index (χ1) is 15.4. The van der Waals surface area contributed by atoms with Gasteiger partial charge in [-0.1, -0.05) is 12.1 Å². The van der Waals surface area contributed by atoms with Crippen molar-refractivity contribution in [1.29, 1.82) is 0 Å². The number of carboxylic acid groups (broad SMARTS) is 1. The predicted molar refractivity (Wildman–Crippen MR) is 108 cm³/mol. The average Bonchev–Trinajstić information content (AvgIpc) is 3.17. The van der Waals surface area contributed by atoms with Gasteiger partial charge in [0.15, 0.2) is 0 Å². The highest BCUT2D eigenvalue weighted by Crippen LogP contribution is 2.37. The van der Waals surface area contributed by atoms with E-state index in [0.717, 1.165) is 5.56 Å². The van der Waals surface area contributed by atoms with Gasteiger partial charge in [-0.15, -0.1) is 0 Å². The van der Waals surface area contributed by atoms with E-state index in [0.29, 0.717) is 56.5 Å². The summed E-state index contributed by atoms with van der Waals surface area (Å²) in [7, 11) is 0. The van der Waals surface area contributed by atoms with Crippen molar-refractivity contribution in [1.82, 2.24) is 4.90 Å². The third-order valence-electron chi connectivity index (χ3n) is 5.51. The molecule has 1 aliphatic rings. The quantitative estimate of drug-likeness (QED) is 0.502. The first kappa shape index (κ1) is 24.9. The fourth-order valence-electron chi connectivity index (χ4n) is 3.87. The number of alkyl halides is 6. The number of carbonyl (C=O) groups is 1. The van der Waals surface area contributed by atoms with Crippen molar-refractivity contribution in [2.45, 2.75) is 38.2 Å². The molecule has 2 aromatic carbocycles. The number of rotatable bonds is 8. The zero-order valence-corrected chi connectivity index (χ0v) is 17.5. The van der Waals surface area contributed by atoms with E-state index in [2.05, 4.69) is 0 Å². The van der Waals surface area contributed by atoms with Crippen LogP contribution in [0.25, 0.3) is 0 Å². The Kier molecular flexibility index (Phi) is 7.56. The fraction of sp³-hybridized carbons (Fsp3) is 0.435. The van der Waals surface area contributed by atoms with Crippen molar-refractivity contribution in [3.8, 4) is 5.75 Å². The fourth-order valence-corrected chi connectivity index (χ4v) is 3.87. The van der Waals surface area contributed by atoms with Crippen LogP contribution in [0.2, 0.25) is 0 Å². The third-order valence-corrected chi connectivity index (χ3v) is 5.51. The Labute approximate surface area is 186 Å². The maximum atomic E-state index is 13.3. The number of hydrogen-bond donors (Lipinski definition) is 1. The monoisotopic (exact) mass is 475 g/mol. The zero-order valence-electron chi connectivity index (χ0n) is 17.5. The number of nitrogens with zero attached hydrogens (tertiary/aromatic N) is 1. The summed E-state index contributed by atoms with van der Waals surface area (Å²) in [6.07, 6.45) is -8.47. The topological polar surface area (TPSA) is 49.8 Å². The van der Waals surface area contributed by atoms with Crippen LogP contribution in [0.5, 0.6) is 5.75 Å². The van der Waals surface area contributed by atoms with E-state index < -0.39 is 35.0 Å². The molecule has 0 radical (unpaired) electrons. The lowest BCUT2D eigenvalue weighted by Crippen LogP contribution is -2.24. The Morgan fingerprint density at radius 2 is 1.82 bits per heavy atom. The Morgan fingerprint density at radius 1 is 1.06 bits per heavy atom. The van der Waals surface area contributed by atoms with Crippen LogP contribution in [0.15, 0.2) is 42.5 Å². The third kappa shape index (κ3) is 7.12. The molecule has 10 heteroatoms. The molecule has 33 heavy (non-hydrogen) atoms. The molecule has 0 aliphatic carbocycles. The lowest BCUT2D eigenvalue weighted by Gasteiger charge is -2.21. The van der Waals surface area contributed by atoms with Crippen molar-refractivity contribution in [3.05, 3.63) is 64.7 Å². The number of aryl methyl sites for hydroxylation is 1. The lowest BCUT2D eigenvalue weighted by molar-refractivity contribution is -0.142. The molecule has 0 amide bonds. The molecular formula is C23H23F6NO3. The number of aliphatic carboxylic acids is 1. The van der Waals surface area contributed by atoms with Crippen LogP contribution in [0, 0.1) is 5.92 Å². The molecule has 1 aliphatic heterocycles. The first-order valence-corrected chi connectivity index (χ1v) is 10.3. The molecule has 3 rings (SSSR count). The van der Waals surface area contributed by atoms with Crippen LogP contribution in [0.4, 0.5) is 26.3 Å². The molecule has 1 fully saturated rings. The summed E-state index contributed by atoms with van der Waals surface area (Å²) in [5.41, 5.74) is -1.75. The van der Waals surface area contributed by atoms with Crippen LogP contribution >= 0.6 is 0 Å². The van der Waals surface area contributed by atoms with Gasteiger partial charge < -0.3 is 9.84 Å². The van der Waals surface area contributed by atoms with Crippen LogP contribution in [0.3, 0.4) is 0 Å². The Bertz CT molecular complexity index is 973. The largest absolute Gasteiger partial charge is 0.493 e. The summed E-state index contributed by atoms with van der Waals surface area (Å²) in [6.45, 7) is 0.903. The molecular weight excluding hydrogens is 452 g/mol. The molecule has 0 saturated carbocycles. The second kappa shape index (κ2) is 10.0. The van der Waals surface area contributed by atoms with E-state index in [1.165, 1.54) is 0 Å². The van der Waals surface area contributed by atoms with E-state index in [4.69, 9.17) is 9.84 Å². The van der Waals surface area contributed by atoms with Gasteiger partial charge >= 0.3 is 18.3 Å². The molecule has 1 unspecified atom stereocenters. The summed E-state index contributed by atoms with van der Waals surface area (Å²) in [5.74, 6) is -0.330. The maximum absolute atomic E-state index is 13.3. The highest BCUT2D eigenvalue weighted by atomic mass is 19.4. The van der Waals surface area contributed by atoms with Gasteiger partial charge in [-0.3, -0.25) is 9.69 Å². The van der Waals surface area contributed by atoms with E-state index in [9.17, 15) is 31.1 Å². The molecule has 0 bridgehead atoms. The smallest absolute Gasteiger partial charge is 0.416 e. The number of hydrogen-bond acceptors (Lipinski definition) is 3. The molecule has 180 valence electrons. The van der Waals surface area contributed by atoms with E-state index >= 15 is 0 Å². The van der Waals surface area contributed by atoms with Gasteiger partial charge in [0.1, 0.15) is 5.75 Å². The average molecular weight is 475 g/mol. The summed E-state index contributed by atoms with van der Waals surface area (Å²) in [5, 5.41) is 8.78. The van der Waals surface area contributed by atoms with Crippen LogP contribution in [0.1, 0.15) is 35.1 Å². The van der Waals surface area contributed by atoms with Gasteiger partial charge in [0, 0.05) is 25.4 Å². The first-order valence-electron chi connectivity index (χ1n) is 10.3. The zero-order chi connectivity index (χ0) is 24.2. The minimum Gasteiger partial charge on any atom is -0.493 e. The van der Waals surface area contributed by atoms with Crippen molar-refractivity contribution in [2.75, 3.05) is 19.7 Å². The van der Waals surface area contributed by atoms with Gasteiger partial charge in [-0.2, -0.15) is 26.3 Å². The number of likely N-dealkylation sites (tertiary alicyclic amines) is 1. The Balaban J connectivity index is 1.61. The van der Waals surface area contributed by atoms with E-state index in [-0.39, 0.29) is 18.9 Å². The van der Waals surface area contributed by atoms with Crippen LogP contribution < -0.4 is 4.74 Å². The van der Waals surface area contributed by atoms with Crippen molar-refractivity contribution in [3.63, 3.8) is 0 Å². The summed E-state index contributed by atoms with van der Waals surface area (Å²) in [6, 6.07) is 8.54. The predicted octanol–water partition coefficient (Wildman–Crippen LogP) is 5.64. The summed E-state index contributed by atoms with van der Waals surface area (Å²) >= 11 is 0. The van der Waals surface area contributed by atoms with E-state index in [1.807, 2.05) is 0 Å². The number of halogens is 6. The highest BCUT2D eigenvalue weighted by Gasteiger charge is 2.37. The maximum Gasteiger partial charge on any atom is 0.416 e. The van der Waals surface area contributed by atoms with Crippen molar-refractivity contribution in [2.24, 2.45) is 5.92 Å². The molecule has 2 aromatic rings. The van der Waals surface area contributed by atoms with Crippen molar-refractivity contribution < 1.29 is 41.0 Å². The van der Waals surface area contributed by atoms with E-state index in [1.54, 1.807) is 29.2 Å². The molecule has 1 saturated heterocycles. The standard InChI is InChI=1S/C23H23F6NO3/c24-22(25,26)18-5-6-20(23(27,28)29)17(11-18)13-30-9-8-16(12-30)14-33-19-3-1-2-15(10-19)4-7-21(31)32/h1-3,5-6,10-11,16H,4,7-9,12-14H2,(H,31,32). The number of carboxylic acids is 1. The lowest BCUT2D eigenvalue weighted by atomic mass is 10.0. The SMILES string of the molecule is O=C(O)CCc1cccc(OCC2CCN(Cc3cc(C(F)(F)F)ccc3C(F)(F)F)C2)c1. The van der Waals surface area contributed by atoms with Crippen LogP contribution in [-0.2, 0) is 30.1 Å². The molecule has 0 spiro atoms. The molecule has 1 N–H and O–H groups in total. The molecule has 0 aromatic heterocycles. The normalized spacial score (nSPS) is 17.3. The van der Waals surface area contributed by atoms with Gasteiger partial charge in [0.2, 0.25) is 0 Å². The van der Waals surface area contributed by atoms with Gasteiger partial charge in [-0.05, 0) is 60.8 Å². The minimum absolute atomic E-state index is 0.00348. The molecule has 1 heterocycles. The molecule has 1 atom stereocenters. The van der Waals surface area contributed by atoms with Crippen molar-refractivity contribution >= 4 is 5.97 Å². The van der Waals surface area contributed by atoms with Gasteiger partial charge in [0.25, 0.3) is 0 Å². The minimum atomic E-state index is -4.74. The van der Waals surface area contributed by atoms with Gasteiger partial charge in [-0.25, -0.2) is 0 Å². The Hall–Kier alpha value is -2.75. The Morgan fingerprint density at radius 3 is 2.48 bits per heavy atom. The number of ether oxygens (including phenoxy) is 1. The van der Waals surface area contributed by atoms with Crippen LogP contribution in [-0.4, -0.2) is 35.7 Å².